The van der Waals surface area contributed by atoms with E-state index in [1.54, 1.807) is 0 Å². The molecule has 0 fully saturated rings. The van der Waals surface area contributed by atoms with Crippen LogP contribution in [0.3, 0.4) is 0 Å². The summed E-state index contributed by atoms with van der Waals surface area (Å²) in [5.41, 5.74) is -0.515. The second kappa shape index (κ2) is 6.15. The zero-order valence-electron chi connectivity index (χ0n) is 9.48. The lowest BCUT2D eigenvalue weighted by molar-refractivity contribution is -0.384. The van der Waals surface area contributed by atoms with Gasteiger partial charge >= 0.3 is 0 Å². The van der Waals surface area contributed by atoms with Gasteiger partial charge in [0.2, 0.25) is 0 Å². The van der Waals surface area contributed by atoms with Crippen LogP contribution in [0, 0.1) is 10.1 Å². The lowest BCUT2D eigenvalue weighted by Crippen LogP contribution is -2.21. The fraction of sp³-hybridized carbons (Fsp3) is 0.333. The third kappa shape index (κ3) is 4.31. The number of hydrogen-bond acceptors (Lipinski definition) is 6. The Bertz CT molecular complexity index is 576. The van der Waals surface area contributed by atoms with E-state index in [9.17, 15) is 23.6 Å². The van der Waals surface area contributed by atoms with Crippen molar-refractivity contribution >= 4 is 33.1 Å². The average Bonchev–Trinajstić information content (AvgIpc) is 2.34. The summed E-state index contributed by atoms with van der Waals surface area (Å²) in [6.07, 6.45) is -0.900. The van der Waals surface area contributed by atoms with E-state index in [-0.39, 0.29) is 18.1 Å². The van der Waals surface area contributed by atoms with Gasteiger partial charge in [-0.1, -0.05) is 0 Å². The molecule has 8 nitrogen and oxygen atoms in total. The number of alkyl halides is 1. The van der Waals surface area contributed by atoms with Crippen LogP contribution in [0.5, 0.6) is 0 Å². The molecule has 0 amide bonds. The number of halogens is 1. The summed E-state index contributed by atoms with van der Waals surface area (Å²) in [4.78, 5) is 9.43. The van der Waals surface area contributed by atoms with Crippen molar-refractivity contribution in [2.45, 2.75) is 11.0 Å². The molecule has 0 aliphatic heterocycles. The zero-order chi connectivity index (χ0) is 14.6. The van der Waals surface area contributed by atoms with E-state index < -0.39 is 31.7 Å². The largest absolute Gasteiger partial charge is 0.390 e. The molecule has 19 heavy (non-hydrogen) atoms. The SMILES string of the molecule is O=[N+]([O-])c1cc(S(=O)(=O)O)ccc1NCC(O)CCl. The Morgan fingerprint density at radius 2 is 2.11 bits per heavy atom. The normalized spacial score (nSPS) is 13.0. The molecule has 1 unspecified atom stereocenters. The molecule has 1 aromatic carbocycles. The first-order valence-electron chi connectivity index (χ1n) is 4.99. The number of nitrogens with one attached hydrogen (secondary N) is 1. The van der Waals surface area contributed by atoms with Crippen molar-refractivity contribution in [2.24, 2.45) is 0 Å². The quantitative estimate of drug-likeness (QED) is 0.307. The predicted octanol–water partition coefficient (Wildman–Crippen LogP) is 0.853. The molecule has 1 atom stereocenters. The number of anilines is 1. The number of aliphatic hydroxyl groups is 1. The number of aliphatic hydroxyl groups excluding tert-OH is 1. The van der Waals surface area contributed by atoms with Crippen molar-refractivity contribution in [3.05, 3.63) is 28.3 Å². The van der Waals surface area contributed by atoms with Gasteiger partial charge in [-0.05, 0) is 12.1 Å². The lowest BCUT2D eigenvalue weighted by atomic mass is 10.2. The number of nitro groups is 1. The Labute approximate surface area is 113 Å². The van der Waals surface area contributed by atoms with E-state index in [0.29, 0.717) is 0 Å². The van der Waals surface area contributed by atoms with Gasteiger partial charge in [-0.2, -0.15) is 8.42 Å². The van der Waals surface area contributed by atoms with Crippen LogP contribution < -0.4 is 5.32 Å². The van der Waals surface area contributed by atoms with Gasteiger partial charge in [0.15, 0.2) is 0 Å². The molecule has 3 N–H and O–H groups in total. The van der Waals surface area contributed by atoms with Crippen molar-refractivity contribution in [3.63, 3.8) is 0 Å². The Kier molecular flexibility index (Phi) is 5.06. The van der Waals surface area contributed by atoms with E-state index in [0.717, 1.165) is 18.2 Å². The molecule has 0 radical (unpaired) electrons. The first-order valence-corrected chi connectivity index (χ1v) is 6.97. The molecule has 1 rings (SSSR count). The Hall–Kier alpha value is -1.42. The van der Waals surface area contributed by atoms with Crippen molar-refractivity contribution in [2.75, 3.05) is 17.7 Å². The van der Waals surface area contributed by atoms with E-state index >= 15 is 0 Å². The van der Waals surface area contributed by atoms with Gasteiger partial charge in [-0.3, -0.25) is 14.7 Å². The van der Waals surface area contributed by atoms with E-state index in [2.05, 4.69) is 5.32 Å². The molecule has 0 saturated carbocycles. The van der Waals surface area contributed by atoms with Crippen LogP contribution in [0.1, 0.15) is 0 Å². The fourth-order valence-electron chi connectivity index (χ4n) is 1.25. The first-order chi connectivity index (χ1) is 8.75. The molecule has 0 heterocycles. The van der Waals surface area contributed by atoms with Crippen LogP contribution >= 0.6 is 11.6 Å². The summed E-state index contributed by atoms with van der Waals surface area (Å²) >= 11 is 5.37. The highest BCUT2D eigenvalue weighted by molar-refractivity contribution is 7.85. The molecule has 0 aliphatic rings. The van der Waals surface area contributed by atoms with Gasteiger partial charge in [-0.25, -0.2) is 0 Å². The molecule has 0 aromatic heterocycles. The smallest absolute Gasteiger partial charge is 0.294 e. The van der Waals surface area contributed by atoms with Crippen LogP contribution in [-0.2, 0) is 10.1 Å². The second-order valence-corrected chi connectivity index (χ2v) is 5.33. The molecule has 10 heteroatoms. The summed E-state index contributed by atoms with van der Waals surface area (Å²) < 4.78 is 30.6. The predicted molar refractivity (Wildman–Crippen MR) is 68.1 cm³/mol. The van der Waals surface area contributed by atoms with Gasteiger partial charge in [0, 0.05) is 12.6 Å². The molecule has 106 valence electrons. The average molecular weight is 311 g/mol. The minimum Gasteiger partial charge on any atom is -0.390 e. The number of benzene rings is 1. The van der Waals surface area contributed by atoms with Gasteiger partial charge in [0.05, 0.1) is 16.9 Å². The maximum atomic E-state index is 10.9. The van der Waals surface area contributed by atoms with Gasteiger partial charge in [-0.15, -0.1) is 11.6 Å². The zero-order valence-corrected chi connectivity index (χ0v) is 11.1. The summed E-state index contributed by atoms with van der Waals surface area (Å²) in [5.74, 6) is -0.0517. The standard InChI is InChI=1S/C9H11ClN2O6S/c10-4-6(13)5-11-8-2-1-7(19(16,17)18)3-9(8)12(14)15/h1-3,6,11,13H,4-5H2,(H,16,17,18). The third-order valence-corrected chi connectivity index (χ3v) is 3.38. The Morgan fingerprint density at radius 3 is 2.58 bits per heavy atom. The second-order valence-electron chi connectivity index (χ2n) is 3.60. The molecular formula is C9H11ClN2O6S. The maximum absolute atomic E-state index is 10.9. The Morgan fingerprint density at radius 1 is 1.47 bits per heavy atom. The summed E-state index contributed by atoms with van der Waals surface area (Å²) in [7, 11) is -4.51. The van der Waals surface area contributed by atoms with E-state index in [1.807, 2.05) is 0 Å². The van der Waals surface area contributed by atoms with Crippen molar-refractivity contribution in [1.82, 2.24) is 0 Å². The molecular weight excluding hydrogens is 300 g/mol. The van der Waals surface area contributed by atoms with Crippen molar-refractivity contribution in [1.29, 1.82) is 0 Å². The number of hydrogen-bond donors (Lipinski definition) is 3. The highest BCUT2D eigenvalue weighted by Gasteiger charge is 2.20. The van der Waals surface area contributed by atoms with Gasteiger partial charge < -0.3 is 10.4 Å². The molecule has 0 spiro atoms. The topological polar surface area (TPSA) is 130 Å². The number of rotatable bonds is 6. The van der Waals surface area contributed by atoms with Crippen LogP contribution in [0.25, 0.3) is 0 Å². The van der Waals surface area contributed by atoms with Crippen LogP contribution in [-0.4, -0.2) is 41.5 Å². The van der Waals surface area contributed by atoms with Crippen LogP contribution in [0.15, 0.2) is 23.1 Å². The van der Waals surface area contributed by atoms with Gasteiger partial charge in [0.1, 0.15) is 10.6 Å². The minimum absolute atomic E-state index is 0.0153. The highest BCUT2D eigenvalue weighted by Crippen LogP contribution is 2.27. The summed E-state index contributed by atoms with van der Waals surface area (Å²) in [5, 5.41) is 22.6. The third-order valence-electron chi connectivity index (χ3n) is 2.17. The van der Waals surface area contributed by atoms with Crippen LogP contribution in [0.2, 0.25) is 0 Å². The highest BCUT2D eigenvalue weighted by atomic mass is 35.5. The molecule has 0 bridgehead atoms. The van der Waals surface area contributed by atoms with E-state index in [1.165, 1.54) is 0 Å². The summed E-state index contributed by atoms with van der Waals surface area (Å²) in [6.45, 7) is -0.0322. The van der Waals surface area contributed by atoms with Crippen molar-refractivity contribution < 1.29 is 23.0 Å². The number of nitro benzene ring substituents is 1. The van der Waals surface area contributed by atoms with Crippen LogP contribution in [0.4, 0.5) is 11.4 Å². The monoisotopic (exact) mass is 310 g/mol. The summed E-state index contributed by atoms with van der Waals surface area (Å²) in [6, 6.07) is 2.87. The number of nitrogens with zero attached hydrogens (tertiary/aromatic N) is 1. The maximum Gasteiger partial charge on any atom is 0.294 e. The lowest BCUT2D eigenvalue weighted by Gasteiger charge is -2.10. The van der Waals surface area contributed by atoms with Crippen molar-refractivity contribution in [3.8, 4) is 0 Å². The molecule has 0 aliphatic carbocycles. The molecule has 1 aromatic rings. The van der Waals surface area contributed by atoms with Gasteiger partial charge in [0.25, 0.3) is 15.8 Å². The first kappa shape index (κ1) is 15.6. The van der Waals surface area contributed by atoms with E-state index in [4.69, 9.17) is 16.2 Å². The Balaban J connectivity index is 3.09. The fourth-order valence-corrected chi connectivity index (χ4v) is 1.86. The molecule has 0 saturated heterocycles. The minimum atomic E-state index is -4.51.